The second-order valence-corrected chi connectivity index (χ2v) is 8.51. The standard InChI is InChI=1S/C21H16BrN3O5S/c1-2-30-21(27)17(12-23)20-24(15-8-6-14(22)7-9-15)19(26)18(31-20)11-13-4-3-5-16(10-13)25(28)29/h3-10,18H,2,11H2,1H3. The van der Waals surface area contributed by atoms with Crippen LogP contribution in [0.3, 0.4) is 0 Å². The molecule has 31 heavy (non-hydrogen) atoms. The van der Waals surface area contributed by atoms with Gasteiger partial charge in [0.15, 0.2) is 5.57 Å². The van der Waals surface area contributed by atoms with Gasteiger partial charge in [-0.15, -0.1) is 0 Å². The largest absolute Gasteiger partial charge is 0.462 e. The van der Waals surface area contributed by atoms with Gasteiger partial charge in [0.1, 0.15) is 11.1 Å². The molecule has 1 saturated heterocycles. The number of halogens is 1. The van der Waals surface area contributed by atoms with Crippen LogP contribution in [0.25, 0.3) is 0 Å². The van der Waals surface area contributed by atoms with Gasteiger partial charge in [-0.3, -0.25) is 19.8 Å². The van der Waals surface area contributed by atoms with Crippen LogP contribution < -0.4 is 4.90 Å². The van der Waals surface area contributed by atoms with Gasteiger partial charge in [-0.1, -0.05) is 39.8 Å². The Balaban J connectivity index is 2.03. The quantitative estimate of drug-likeness (QED) is 0.190. The molecule has 1 atom stereocenters. The molecule has 1 fully saturated rings. The van der Waals surface area contributed by atoms with Gasteiger partial charge in [0.05, 0.1) is 16.8 Å². The number of nitrogens with zero attached hydrogens (tertiary/aromatic N) is 3. The number of benzene rings is 2. The van der Waals surface area contributed by atoms with E-state index in [0.29, 0.717) is 11.3 Å². The molecule has 0 N–H and O–H groups in total. The number of nitriles is 1. The van der Waals surface area contributed by atoms with Crippen LogP contribution in [0.15, 0.2) is 63.6 Å². The van der Waals surface area contributed by atoms with Crippen LogP contribution in [0.5, 0.6) is 0 Å². The van der Waals surface area contributed by atoms with Crippen LogP contribution in [0, 0.1) is 21.4 Å². The third-order valence-electron chi connectivity index (χ3n) is 4.39. The van der Waals surface area contributed by atoms with Crippen molar-refractivity contribution in [2.45, 2.75) is 18.6 Å². The average Bonchev–Trinajstić information content (AvgIpc) is 3.05. The topological polar surface area (TPSA) is 114 Å². The predicted molar refractivity (Wildman–Crippen MR) is 119 cm³/mol. The molecule has 10 heteroatoms. The molecular weight excluding hydrogens is 486 g/mol. The van der Waals surface area contributed by atoms with E-state index < -0.39 is 16.1 Å². The van der Waals surface area contributed by atoms with Crippen LogP contribution in [0.1, 0.15) is 12.5 Å². The molecule has 1 aliphatic rings. The maximum Gasteiger partial charge on any atom is 0.351 e. The number of anilines is 1. The lowest BCUT2D eigenvalue weighted by atomic mass is 10.1. The minimum absolute atomic E-state index is 0.0716. The minimum atomic E-state index is -0.807. The number of carbonyl (C=O) groups excluding carboxylic acids is 2. The molecule has 0 bridgehead atoms. The highest BCUT2D eigenvalue weighted by Crippen LogP contribution is 2.42. The smallest absolute Gasteiger partial charge is 0.351 e. The van der Waals surface area contributed by atoms with E-state index in [1.54, 1.807) is 43.3 Å². The van der Waals surface area contributed by atoms with Gasteiger partial charge in [0.2, 0.25) is 5.91 Å². The number of rotatable bonds is 6. The summed E-state index contributed by atoms with van der Waals surface area (Å²) >= 11 is 4.42. The molecule has 2 aromatic carbocycles. The number of esters is 1. The second-order valence-electron chi connectivity index (χ2n) is 6.40. The SMILES string of the molecule is CCOC(=O)C(C#N)=C1SC(Cc2cccc([N+](=O)[O-])c2)C(=O)N1c1ccc(Br)cc1. The van der Waals surface area contributed by atoms with E-state index >= 15 is 0 Å². The highest BCUT2D eigenvalue weighted by molar-refractivity contribution is 9.10. The number of hydrogen-bond acceptors (Lipinski definition) is 7. The number of amides is 1. The van der Waals surface area contributed by atoms with Gasteiger partial charge in [0.25, 0.3) is 5.69 Å². The van der Waals surface area contributed by atoms with Crippen molar-refractivity contribution in [1.82, 2.24) is 0 Å². The summed E-state index contributed by atoms with van der Waals surface area (Å²) in [6.45, 7) is 1.72. The van der Waals surface area contributed by atoms with Gasteiger partial charge in [-0.05, 0) is 43.2 Å². The monoisotopic (exact) mass is 501 g/mol. The summed E-state index contributed by atoms with van der Waals surface area (Å²) < 4.78 is 5.79. The summed E-state index contributed by atoms with van der Waals surface area (Å²) in [6, 6.07) is 14.8. The molecule has 8 nitrogen and oxygen atoms in total. The van der Waals surface area contributed by atoms with Crippen LogP contribution in [0.4, 0.5) is 11.4 Å². The maximum atomic E-state index is 13.3. The van der Waals surface area contributed by atoms with Crippen molar-refractivity contribution in [3.05, 3.63) is 79.3 Å². The van der Waals surface area contributed by atoms with Crippen molar-refractivity contribution in [3.8, 4) is 6.07 Å². The summed E-state index contributed by atoms with van der Waals surface area (Å²) in [5, 5.41) is 20.2. The molecule has 0 aromatic heterocycles. The number of carbonyl (C=O) groups is 2. The van der Waals surface area contributed by atoms with Crippen molar-refractivity contribution >= 4 is 50.9 Å². The summed E-state index contributed by atoms with van der Waals surface area (Å²) in [5.74, 6) is -1.13. The van der Waals surface area contributed by atoms with Crippen molar-refractivity contribution < 1.29 is 19.2 Å². The Bertz CT molecular complexity index is 1110. The van der Waals surface area contributed by atoms with E-state index in [4.69, 9.17) is 4.74 Å². The molecule has 0 saturated carbocycles. The third kappa shape index (κ3) is 4.95. The van der Waals surface area contributed by atoms with Crippen LogP contribution in [-0.2, 0) is 20.7 Å². The van der Waals surface area contributed by atoms with E-state index in [9.17, 15) is 25.0 Å². The zero-order valence-corrected chi connectivity index (χ0v) is 18.7. The molecule has 1 heterocycles. The molecule has 1 unspecified atom stereocenters. The predicted octanol–water partition coefficient (Wildman–Crippen LogP) is 4.35. The lowest BCUT2D eigenvalue weighted by Crippen LogP contribution is -2.30. The van der Waals surface area contributed by atoms with E-state index in [1.165, 1.54) is 17.0 Å². The first-order valence-electron chi connectivity index (χ1n) is 9.16. The maximum absolute atomic E-state index is 13.3. The van der Waals surface area contributed by atoms with Crippen molar-refractivity contribution in [2.75, 3.05) is 11.5 Å². The second kappa shape index (κ2) is 9.76. The molecule has 1 aliphatic heterocycles. The van der Waals surface area contributed by atoms with E-state index in [-0.39, 0.29) is 35.2 Å². The van der Waals surface area contributed by atoms with Crippen molar-refractivity contribution in [1.29, 1.82) is 5.26 Å². The zero-order chi connectivity index (χ0) is 22.5. The van der Waals surface area contributed by atoms with E-state index in [0.717, 1.165) is 16.2 Å². The normalized spacial score (nSPS) is 17.3. The Hall–Kier alpha value is -3.16. The third-order valence-corrected chi connectivity index (χ3v) is 6.18. The summed E-state index contributed by atoms with van der Waals surface area (Å²) in [6.07, 6.45) is 0.198. The van der Waals surface area contributed by atoms with Crippen molar-refractivity contribution in [2.24, 2.45) is 0 Å². The first-order valence-corrected chi connectivity index (χ1v) is 10.8. The number of nitro benzene ring substituents is 1. The highest BCUT2D eigenvalue weighted by Gasteiger charge is 2.41. The molecule has 0 aliphatic carbocycles. The average molecular weight is 502 g/mol. The molecule has 0 radical (unpaired) electrons. The molecule has 2 aromatic rings. The highest BCUT2D eigenvalue weighted by atomic mass is 79.9. The van der Waals surface area contributed by atoms with Crippen LogP contribution >= 0.6 is 27.7 Å². The minimum Gasteiger partial charge on any atom is -0.462 e. The number of non-ortho nitro benzene ring substituents is 1. The van der Waals surface area contributed by atoms with Gasteiger partial charge in [-0.2, -0.15) is 5.26 Å². The Morgan fingerprint density at radius 1 is 1.32 bits per heavy atom. The molecule has 158 valence electrons. The zero-order valence-electron chi connectivity index (χ0n) is 16.3. The van der Waals surface area contributed by atoms with Gasteiger partial charge in [-0.25, -0.2) is 4.79 Å². The Morgan fingerprint density at radius 2 is 2.03 bits per heavy atom. The fourth-order valence-corrected chi connectivity index (χ4v) is 4.57. The van der Waals surface area contributed by atoms with Gasteiger partial charge < -0.3 is 4.74 Å². The molecule has 1 amide bonds. The summed E-state index contributed by atoms with van der Waals surface area (Å²) in [5.41, 5.74) is 0.767. The number of thioether (sulfide) groups is 1. The first-order chi connectivity index (χ1) is 14.8. The summed E-state index contributed by atoms with van der Waals surface area (Å²) in [7, 11) is 0. The fraction of sp³-hybridized carbons (Fsp3) is 0.190. The fourth-order valence-electron chi connectivity index (χ4n) is 3.01. The van der Waals surface area contributed by atoms with Crippen molar-refractivity contribution in [3.63, 3.8) is 0 Å². The van der Waals surface area contributed by atoms with Crippen LogP contribution in [-0.4, -0.2) is 28.7 Å². The molecule has 0 spiro atoms. The lowest BCUT2D eigenvalue weighted by Gasteiger charge is -2.18. The first kappa shape index (κ1) is 22.5. The number of ether oxygens (including phenoxy) is 1. The Labute approximate surface area is 190 Å². The van der Waals surface area contributed by atoms with E-state index in [2.05, 4.69) is 15.9 Å². The van der Waals surface area contributed by atoms with E-state index in [1.807, 2.05) is 6.07 Å². The number of hydrogen-bond donors (Lipinski definition) is 0. The van der Waals surface area contributed by atoms with Gasteiger partial charge in [0, 0.05) is 22.3 Å². The summed E-state index contributed by atoms with van der Waals surface area (Å²) in [4.78, 5) is 37.5. The number of nitro groups is 1. The molecular formula is C21H16BrN3O5S. The molecule has 3 rings (SSSR count). The Morgan fingerprint density at radius 3 is 2.65 bits per heavy atom. The Kier molecular flexibility index (Phi) is 7.09. The van der Waals surface area contributed by atoms with Crippen LogP contribution in [0.2, 0.25) is 0 Å². The lowest BCUT2D eigenvalue weighted by molar-refractivity contribution is -0.384. The van der Waals surface area contributed by atoms with Gasteiger partial charge >= 0.3 is 5.97 Å².